The minimum absolute atomic E-state index is 0.155. The van der Waals surface area contributed by atoms with Crippen LogP contribution in [-0.4, -0.2) is 33.8 Å². The lowest BCUT2D eigenvalue weighted by atomic mass is 9.89. The van der Waals surface area contributed by atoms with Gasteiger partial charge in [-0.3, -0.25) is 4.90 Å². The summed E-state index contributed by atoms with van der Waals surface area (Å²) in [5, 5.41) is 10.2. The Balaban J connectivity index is 1.69. The molecule has 0 radical (unpaired) electrons. The summed E-state index contributed by atoms with van der Waals surface area (Å²) in [4.78, 5) is 2.40. The molecule has 148 valence electrons. The number of aromatic nitrogens is 1. The zero-order chi connectivity index (χ0) is 19.1. The van der Waals surface area contributed by atoms with Crippen LogP contribution in [0.15, 0.2) is 42.6 Å². The summed E-state index contributed by atoms with van der Waals surface area (Å²) in [7, 11) is 0. The molecule has 1 aliphatic carbocycles. The van der Waals surface area contributed by atoms with Crippen molar-refractivity contribution in [2.45, 2.75) is 64.6 Å². The van der Waals surface area contributed by atoms with E-state index in [2.05, 4.69) is 15.5 Å². The number of nitrogens with zero attached hydrogens (tertiary/aromatic N) is 2. The van der Waals surface area contributed by atoms with Gasteiger partial charge in [0, 0.05) is 37.1 Å². The van der Waals surface area contributed by atoms with Crippen LogP contribution in [0.25, 0.3) is 0 Å². The van der Waals surface area contributed by atoms with E-state index in [1.807, 2.05) is 31.3 Å². The van der Waals surface area contributed by atoms with Crippen LogP contribution in [0.2, 0.25) is 0 Å². The predicted molar refractivity (Wildman–Crippen MR) is 108 cm³/mol. The topological polar surface area (TPSA) is 28.4 Å². The van der Waals surface area contributed by atoms with Gasteiger partial charge >= 0.3 is 0 Å². The van der Waals surface area contributed by atoms with Gasteiger partial charge in [-0.15, -0.1) is 0 Å². The fourth-order valence-electron chi connectivity index (χ4n) is 4.15. The first kappa shape index (κ1) is 20.1. The van der Waals surface area contributed by atoms with Crippen molar-refractivity contribution in [3.63, 3.8) is 0 Å². The van der Waals surface area contributed by atoms with Crippen LogP contribution in [-0.2, 0) is 13.1 Å². The van der Waals surface area contributed by atoms with E-state index in [9.17, 15) is 9.50 Å². The summed E-state index contributed by atoms with van der Waals surface area (Å²) in [5.74, 6) is 0.579. The smallest absolute Gasteiger partial charge is 0.128 e. The molecule has 1 aliphatic rings. The normalized spacial score (nSPS) is 16.7. The molecule has 27 heavy (non-hydrogen) atoms. The highest BCUT2D eigenvalue weighted by molar-refractivity contribution is 5.19. The first-order valence-corrected chi connectivity index (χ1v) is 10.4. The highest BCUT2D eigenvalue weighted by Gasteiger charge is 2.20. The zero-order valence-corrected chi connectivity index (χ0v) is 16.5. The number of rotatable bonds is 9. The summed E-state index contributed by atoms with van der Waals surface area (Å²) in [6.07, 6.45) is 9.14. The quantitative estimate of drug-likeness (QED) is 0.683. The minimum Gasteiger partial charge on any atom is -0.392 e. The molecule has 0 amide bonds. The lowest BCUT2D eigenvalue weighted by Gasteiger charge is -2.31. The van der Waals surface area contributed by atoms with E-state index < -0.39 is 0 Å². The molecule has 1 aromatic carbocycles. The molecule has 2 aromatic rings. The van der Waals surface area contributed by atoms with Gasteiger partial charge in [-0.2, -0.15) is 0 Å². The minimum atomic E-state index is -0.288. The molecule has 0 bridgehead atoms. The molecule has 4 heteroatoms. The average molecular weight is 373 g/mol. The van der Waals surface area contributed by atoms with Crippen molar-refractivity contribution in [2.75, 3.05) is 13.1 Å². The first-order chi connectivity index (χ1) is 13.2. The summed E-state index contributed by atoms with van der Waals surface area (Å²) < 4.78 is 16.2. The molecule has 1 heterocycles. The summed E-state index contributed by atoms with van der Waals surface area (Å²) >= 11 is 0. The Morgan fingerprint density at radius 2 is 1.93 bits per heavy atom. The van der Waals surface area contributed by atoms with Crippen molar-refractivity contribution in [2.24, 2.45) is 5.92 Å². The van der Waals surface area contributed by atoms with Crippen molar-refractivity contribution >= 4 is 0 Å². The van der Waals surface area contributed by atoms with Crippen LogP contribution >= 0.6 is 0 Å². The Hall–Kier alpha value is -1.65. The number of aliphatic hydroxyl groups is 1. The second-order valence-electron chi connectivity index (χ2n) is 7.98. The Morgan fingerprint density at radius 1 is 1.15 bits per heavy atom. The number of hydrogen-bond donors (Lipinski definition) is 1. The predicted octanol–water partition coefficient (Wildman–Crippen LogP) is 4.83. The third-order valence-corrected chi connectivity index (χ3v) is 5.79. The summed E-state index contributed by atoms with van der Waals surface area (Å²) in [6, 6.07) is 11.1. The first-order valence-electron chi connectivity index (χ1n) is 10.4. The number of halogens is 1. The van der Waals surface area contributed by atoms with Gasteiger partial charge in [0.1, 0.15) is 5.82 Å². The van der Waals surface area contributed by atoms with E-state index in [4.69, 9.17) is 0 Å². The maximum atomic E-state index is 14.0. The van der Waals surface area contributed by atoms with E-state index in [1.54, 1.807) is 6.07 Å². The molecule has 0 spiro atoms. The Kier molecular flexibility index (Phi) is 7.48. The molecular weight excluding hydrogens is 339 g/mol. The van der Waals surface area contributed by atoms with Gasteiger partial charge in [0.15, 0.2) is 0 Å². The highest BCUT2D eigenvalue weighted by Crippen LogP contribution is 2.25. The maximum Gasteiger partial charge on any atom is 0.128 e. The molecule has 0 saturated heterocycles. The fraction of sp³-hybridized carbons (Fsp3) is 0.565. The van der Waals surface area contributed by atoms with Gasteiger partial charge < -0.3 is 9.67 Å². The van der Waals surface area contributed by atoms with Crippen molar-refractivity contribution in [3.8, 4) is 0 Å². The standard InChI is InChI=1S/C23H33FN2O/c1-2-22(27)18-25(15-19-9-4-3-5-10-19)17-21-12-8-14-26(21)16-20-11-6-7-13-23(20)24/h6-8,11-14,19,22,27H,2-5,9-10,15-18H2,1H3/t22-/m0/s1. The SMILES string of the molecule is CC[C@H](O)CN(Cc1cccn1Cc1ccccc1F)CC1CCCCC1. The van der Waals surface area contributed by atoms with Gasteiger partial charge in [-0.05, 0) is 43.4 Å². The van der Waals surface area contributed by atoms with Crippen LogP contribution < -0.4 is 0 Å². The van der Waals surface area contributed by atoms with E-state index in [1.165, 1.54) is 43.9 Å². The molecule has 3 rings (SSSR count). The summed E-state index contributed by atoms with van der Waals surface area (Å²) in [6.45, 7) is 5.13. The molecule has 1 atom stereocenters. The van der Waals surface area contributed by atoms with Gasteiger partial charge in [-0.25, -0.2) is 4.39 Å². The van der Waals surface area contributed by atoms with Crippen LogP contribution in [0.1, 0.15) is 56.7 Å². The number of benzene rings is 1. The molecule has 1 saturated carbocycles. The lowest BCUT2D eigenvalue weighted by molar-refractivity contribution is 0.0889. The van der Waals surface area contributed by atoms with E-state index in [0.717, 1.165) is 25.4 Å². The second kappa shape index (κ2) is 10.0. The third-order valence-electron chi connectivity index (χ3n) is 5.79. The van der Waals surface area contributed by atoms with Crippen LogP contribution in [0, 0.1) is 11.7 Å². The van der Waals surface area contributed by atoms with Crippen molar-refractivity contribution in [1.82, 2.24) is 9.47 Å². The van der Waals surface area contributed by atoms with Crippen molar-refractivity contribution in [1.29, 1.82) is 0 Å². The number of hydrogen-bond acceptors (Lipinski definition) is 2. The van der Waals surface area contributed by atoms with Gasteiger partial charge in [-0.1, -0.05) is 44.4 Å². The van der Waals surface area contributed by atoms with Crippen LogP contribution in [0.4, 0.5) is 4.39 Å². The van der Waals surface area contributed by atoms with E-state index in [0.29, 0.717) is 18.7 Å². The van der Waals surface area contributed by atoms with E-state index >= 15 is 0 Å². The Labute approximate surface area is 162 Å². The Bertz CT molecular complexity index is 693. The maximum absolute atomic E-state index is 14.0. The number of aliphatic hydroxyl groups excluding tert-OH is 1. The third kappa shape index (κ3) is 5.91. The van der Waals surface area contributed by atoms with Gasteiger partial charge in [0.05, 0.1) is 12.6 Å². The molecule has 0 unspecified atom stereocenters. The van der Waals surface area contributed by atoms with Gasteiger partial charge in [0.2, 0.25) is 0 Å². The van der Waals surface area contributed by atoms with Crippen LogP contribution in [0.5, 0.6) is 0 Å². The molecule has 3 nitrogen and oxygen atoms in total. The van der Waals surface area contributed by atoms with E-state index in [-0.39, 0.29) is 11.9 Å². The molecule has 1 aromatic heterocycles. The molecule has 0 aliphatic heterocycles. The zero-order valence-electron chi connectivity index (χ0n) is 16.5. The summed E-state index contributed by atoms with van der Waals surface area (Å²) in [5.41, 5.74) is 1.89. The average Bonchev–Trinajstić information content (AvgIpc) is 3.11. The van der Waals surface area contributed by atoms with Crippen molar-refractivity contribution in [3.05, 3.63) is 59.7 Å². The Morgan fingerprint density at radius 3 is 2.67 bits per heavy atom. The monoisotopic (exact) mass is 372 g/mol. The fourth-order valence-corrected chi connectivity index (χ4v) is 4.15. The van der Waals surface area contributed by atoms with Crippen LogP contribution in [0.3, 0.4) is 0 Å². The van der Waals surface area contributed by atoms with Gasteiger partial charge in [0.25, 0.3) is 0 Å². The molecule has 1 N–H and O–H groups in total. The van der Waals surface area contributed by atoms with Crippen molar-refractivity contribution < 1.29 is 9.50 Å². The lowest BCUT2D eigenvalue weighted by Crippen LogP contribution is -2.36. The molecule has 1 fully saturated rings. The highest BCUT2D eigenvalue weighted by atomic mass is 19.1. The second-order valence-corrected chi connectivity index (χ2v) is 7.98. The molecular formula is C23H33FN2O. The largest absolute Gasteiger partial charge is 0.392 e.